The Morgan fingerprint density at radius 2 is 2.17 bits per heavy atom. The smallest absolute Gasteiger partial charge is 0.231 e. The molecule has 0 heterocycles. The molecule has 0 spiro atoms. The second kappa shape index (κ2) is 4.24. The zero-order chi connectivity index (χ0) is 9.03. The second-order valence-corrected chi connectivity index (χ2v) is 8.39. The van der Waals surface area contributed by atoms with Crippen LogP contribution in [-0.4, -0.2) is 8.32 Å². The van der Waals surface area contributed by atoms with Crippen LogP contribution in [0.1, 0.15) is 32.1 Å². The van der Waals surface area contributed by atoms with Gasteiger partial charge in [-0.2, -0.15) is 0 Å². The molecule has 0 fully saturated rings. The van der Waals surface area contributed by atoms with Gasteiger partial charge in [0.15, 0.2) is 0 Å². The molecule has 1 aliphatic carbocycles. The largest absolute Gasteiger partial charge is 0.298 e. The van der Waals surface area contributed by atoms with Crippen molar-refractivity contribution in [2.24, 2.45) is 0 Å². The molecule has 69 valence electrons. The predicted octanol–water partition coefficient (Wildman–Crippen LogP) is 3.51. The SMILES string of the molecule is C[Si](C)([O])CCC1=CCCCC1. The molecular formula is C10H19OSi. The maximum atomic E-state index is 11.5. The van der Waals surface area contributed by atoms with Gasteiger partial charge in [-0.25, -0.2) is 0 Å². The van der Waals surface area contributed by atoms with Gasteiger partial charge in [-0.15, -0.1) is 0 Å². The molecule has 0 aromatic heterocycles. The van der Waals surface area contributed by atoms with Gasteiger partial charge in [0.05, 0.1) is 0 Å². The summed E-state index contributed by atoms with van der Waals surface area (Å²) in [6.07, 6.45) is 8.63. The van der Waals surface area contributed by atoms with E-state index in [1.165, 1.54) is 25.7 Å². The van der Waals surface area contributed by atoms with Crippen molar-refractivity contribution in [3.05, 3.63) is 11.6 Å². The van der Waals surface area contributed by atoms with Crippen LogP contribution in [0.5, 0.6) is 0 Å². The van der Waals surface area contributed by atoms with E-state index in [1.54, 1.807) is 5.57 Å². The fraction of sp³-hybridized carbons (Fsp3) is 0.800. The molecule has 1 radical (unpaired) electrons. The van der Waals surface area contributed by atoms with Gasteiger partial charge in [-0.3, -0.25) is 4.80 Å². The van der Waals surface area contributed by atoms with Gasteiger partial charge in [0.1, 0.15) is 0 Å². The monoisotopic (exact) mass is 183 g/mol. The van der Waals surface area contributed by atoms with E-state index in [9.17, 15) is 4.80 Å². The quantitative estimate of drug-likeness (QED) is 0.471. The molecule has 0 aromatic rings. The summed E-state index contributed by atoms with van der Waals surface area (Å²) in [5, 5.41) is 0. The van der Waals surface area contributed by atoms with Crippen LogP contribution in [0, 0.1) is 0 Å². The highest BCUT2D eigenvalue weighted by molar-refractivity contribution is 6.69. The molecule has 0 amide bonds. The minimum atomic E-state index is -2.03. The zero-order valence-corrected chi connectivity index (χ0v) is 9.23. The molecule has 1 rings (SSSR count). The summed E-state index contributed by atoms with van der Waals surface area (Å²) in [6.45, 7) is 3.83. The first kappa shape index (κ1) is 10.0. The maximum Gasteiger partial charge on any atom is 0.231 e. The number of hydrogen-bond donors (Lipinski definition) is 0. The van der Waals surface area contributed by atoms with Crippen molar-refractivity contribution in [1.82, 2.24) is 0 Å². The Hall–Kier alpha value is -0.0831. The summed E-state index contributed by atoms with van der Waals surface area (Å²) < 4.78 is 0. The predicted molar refractivity (Wildman–Crippen MR) is 54.1 cm³/mol. The van der Waals surface area contributed by atoms with Crippen LogP contribution in [-0.2, 0) is 4.80 Å². The molecule has 0 bridgehead atoms. The molecule has 0 saturated carbocycles. The highest BCUT2D eigenvalue weighted by Crippen LogP contribution is 2.23. The lowest BCUT2D eigenvalue weighted by atomic mass is 9.98. The first-order valence-electron chi connectivity index (χ1n) is 4.96. The minimum absolute atomic E-state index is 0.929. The molecule has 0 unspecified atom stereocenters. The summed E-state index contributed by atoms with van der Waals surface area (Å²) in [6, 6.07) is 0.929. The molecule has 0 aliphatic heterocycles. The lowest BCUT2D eigenvalue weighted by molar-refractivity contribution is 0.426. The number of allylic oxidation sites excluding steroid dienone is 2. The standard InChI is InChI=1S/C10H19OSi/c1-12(2,11)9-8-10-6-4-3-5-7-10/h6H,3-5,7-9H2,1-2H3. The van der Waals surface area contributed by atoms with Gasteiger partial charge in [-0.05, 0) is 51.2 Å². The van der Waals surface area contributed by atoms with Gasteiger partial charge < -0.3 is 0 Å². The van der Waals surface area contributed by atoms with Crippen molar-refractivity contribution < 1.29 is 4.80 Å². The minimum Gasteiger partial charge on any atom is -0.298 e. The fourth-order valence-corrected chi connectivity index (χ4v) is 2.52. The van der Waals surface area contributed by atoms with E-state index in [-0.39, 0.29) is 0 Å². The average Bonchev–Trinajstić information content (AvgIpc) is 2.02. The van der Waals surface area contributed by atoms with E-state index in [4.69, 9.17) is 0 Å². The van der Waals surface area contributed by atoms with Crippen molar-refractivity contribution >= 4 is 8.32 Å². The molecule has 1 aliphatic rings. The van der Waals surface area contributed by atoms with Gasteiger partial charge >= 0.3 is 0 Å². The molecule has 0 atom stereocenters. The Morgan fingerprint density at radius 3 is 2.67 bits per heavy atom. The highest BCUT2D eigenvalue weighted by Gasteiger charge is 2.19. The van der Waals surface area contributed by atoms with Gasteiger partial charge in [0.25, 0.3) is 0 Å². The van der Waals surface area contributed by atoms with E-state index < -0.39 is 8.32 Å². The van der Waals surface area contributed by atoms with Gasteiger partial charge in [-0.1, -0.05) is 11.6 Å². The molecule has 1 nitrogen and oxygen atoms in total. The van der Waals surface area contributed by atoms with Crippen LogP contribution in [0.25, 0.3) is 0 Å². The molecule has 12 heavy (non-hydrogen) atoms. The van der Waals surface area contributed by atoms with Crippen LogP contribution in [0.2, 0.25) is 19.1 Å². The zero-order valence-electron chi connectivity index (χ0n) is 8.23. The third kappa shape index (κ3) is 4.07. The molecule has 2 heteroatoms. The van der Waals surface area contributed by atoms with Gasteiger partial charge in [0, 0.05) is 0 Å². The molecule has 0 saturated heterocycles. The molecule has 0 aromatic carbocycles. The van der Waals surface area contributed by atoms with Crippen molar-refractivity contribution in [3.63, 3.8) is 0 Å². The normalized spacial score (nSPS) is 19.1. The highest BCUT2D eigenvalue weighted by atomic mass is 28.4. The van der Waals surface area contributed by atoms with E-state index in [1.807, 2.05) is 13.1 Å². The van der Waals surface area contributed by atoms with Crippen molar-refractivity contribution in [2.75, 3.05) is 0 Å². The first-order valence-corrected chi connectivity index (χ1v) is 8.08. The Morgan fingerprint density at radius 1 is 1.42 bits per heavy atom. The van der Waals surface area contributed by atoms with Crippen LogP contribution in [0.3, 0.4) is 0 Å². The third-order valence-electron chi connectivity index (χ3n) is 2.43. The Kier molecular flexibility index (Phi) is 3.53. The summed E-state index contributed by atoms with van der Waals surface area (Å²) >= 11 is 0. The van der Waals surface area contributed by atoms with E-state index >= 15 is 0 Å². The van der Waals surface area contributed by atoms with Crippen LogP contribution in [0.15, 0.2) is 11.6 Å². The van der Waals surface area contributed by atoms with Crippen molar-refractivity contribution in [2.45, 2.75) is 51.2 Å². The lowest BCUT2D eigenvalue weighted by Gasteiger charge is -2.15. The Labute approximate surface area is 76.6 Å². The third-order valence-corrected chi connectivity index (χ3v) is 3.89. The Balaban J connectivity index is 2.26. The molecule has 0 N–H and O–H groups in total. The average molecular weight is 183 g/mol. The topological polar surface area (TPSA) is 19.9 Å². The Bertz CT molecular complexity index is 167. The summed E-state index contributed by atoms with van der Waals surface area (Å²) in [4.78, 5) is 11.5. The van der Waals surface area contributed by atoms with Crippen LogP contribution < -0.4 is 0 Å². The molecular weight excluding hydrogens is 164 g/mol. The van der Waals surface area contributed by atoms with Crippen LogP contribution >= 0.6 is 0 Å². The van der Waals surface area contributed by atoms with Crippen LogP contribution in [0.4, 0.5) is 0 Å². The van der Waals surface area contributed by atoms with E-state index in [0.29, 0.717) is 0 Å². The van der Waals surface area contributed by atoms with E-state index in [2.05, 4.69) is 6.08 Å². The first-order chi connectivity index (χ1) is 5.58. The lowest BCUT2D eigenvalue weighted by Crippen LogP contribution is -2.22. The van der Waals surface area contributed by atoms with Crippen molar-refractivity contribution in [3.8, 4) is 0 Å². The van der Waals surface area contributed by atoms with E-state index in [0.717, 1.165) is 12.5 Å². The number of rotatable bonds is 3. The summed E-state index contributed by atoms with van der Waals surface area (Å²) in [7, 11) is -2.03. The maximum absolute atomic E-state index is 11.5. The summed E-state index contributed by atoms with van der Waals surface area (Å²) in [5.41, 5.74) is 1.55. The fourth-order valence-electron chi connectivity index (χ4n) is 1.59. The van der Waals surface area contributed by atoms with Gasteiger partial charge in [0.2, 0.25) is 8.32 Å². The number of hydrogen-bond acceptors (Lipinski definition) is 0. The second-order valence-electron chi connectivity index (χ2n) is 4.37. The van der Waals surface area contributed by atoms with Crippen molar-refractivity contribution in [1.29, 1.82) is 0 Å². The summed E-state index contributed by atoms with van der Waals surface area (Å²) in [5.74, 6) is 0.